The summed E-state index contributed by atoms with van der Waals surface area (Å²) in [5, 5.41) is 0. The molecule has 0 heterocycles. The molecule has 3 atom stereocenters. The summed E-state index contributed by atoms with van der Waals surface area (Å²) >= 11 is 0. The fourth-order valence-corrected chi connectivity index (χ4v) is 2.22. The van der Waals surface area contributed by atoms with Gasteiger partial charge in [0.2, 0.25) is 0 Å². The van der Waals surface area contributed by atoms with Crippen molar-refractivity contribution in [2.75, 3.05) is 6.61 Å². The monoisotopic (exact) mass is 396 g/mol. The summed E-state index contributed by atoms with van der Waals surface area (Å²) in [6.45, 7) is 11.7. The molecular weight excluding hydrogens is 365 g/mol. The third kappa shape index (κ3) is 12.4. The number of ether oxygens (including phenoxy) is 3. The van der Waals surface area contributed by atoms with E-state index in [1.54, 1.807) is 34.6 Å². The number of carbonyl (C=O) groups excluding carboxylic acids is 2. The number of rotatable bonds is 9. The predicted octanol–water partition coefficient (Wildman–Crippen LogP) is 4.45. The van der Waals surface area contributed by atoms with Crippen LogP contribution in [-0.4, -0.2) is 42.5 Å². The molecule has 0 amide bonds. The van der Waals surface area contributed by atoms with Crippen LogP contribution in [0.15, 0.2) is 12.2 Å². The molecule has 0 saturated carbocycles. The number of esters is 2. The van der Waals surface area contributed by atoms with Crippen LogP contribution in [0, 0.1) is 11.8 Å². The molecule has 0 aliphatic carbocycles. The molecule has 0 aromatic heterocycles. The fourth-order valence-electron chi connectivity index (χ4n) is 2.22. The van der Waals surface area contributed by atoms with E-state index in [0.29, 0.717) is 0 Å². The zero-order chi connectivity index (χ0) is 21.4. The molecule has 0 saturated heterocycles. The number of carbonyl (C=O) groups is 2. The first-order valence-electron chi connectivity index (χ1n) is 8.90. The minimum absolute atomic E-state index is 0.0962. The SMILES string of the molecule is CC(C)[C@H](OC(=O)[C@H](C)CC(=O)OC(C)(C)C)[C@H](C)OC/C=C/C(F)(F)F. The lowest BCUT2D eigenvalue weighted by Crippen LogP contribution is -2.37. The van der Waals surface area contributed by atoms with Gasteiger partial charge in [-0.1, -0.05) is 26.8 Å². The molecule has 0 aromatic carbocycles. The van der Waals surface area contributed by atoms with Gasteiger partial charge in [-0.05, 0) is 33.6 Å². The van der Waals surface area contributed by atoms with Gasteiger partial charge in [0, 0.05) is 6.08 Å². The first-order chi connectivity index (χ1) is 12.1. The maximum Gasteiger partial charge on any atom is 0.409 e. The van der Waals surface area contributed by atoms with Crippen molar-refractivity contribution in [2.24, 2.45) is 11.8 Å². The van der Waals surface area contributed by atoms with Gasteiger partial charge >= 0.3 is 18.1 Å². The molecule has 0 bridgehead atoms. The highest BCUT2D eigenvalue weighted by molar-refractivity contribution is 5.79. The number of hydrogen-bond donors (Lipinski definition) is 0. The van der Waals surface area contributed by atoms with Gasteiger partial charge < -0.3 is 14.2 Å². The Morgan fingerprint density at radius 3 is 2.04 bits per heavy atom. The van der Waals surface area contributed by atoms with E-state index in [4.69, 9.17) is 14.2 Å². The van der Waals surface area contributed by atoms with Crippen molar-refractivity contribution in [3.8, 4) is 0 Å². The standard InChI is InChI=1S/C19H31F3O5/c1-12(2)16(14(4)25-10-8-9-19(20,21)22)26-17(24)13(3)11-15(23)27-18(5,6)7/h8-9,12-14,16H,10-11H2,1-7H3/b9-8+/t13-,14+,16+/m1/s1. The van der Waals surface area contributed by atoms with Crippen LogP contribution in [0.2, 0.25) is 0 Å². The number of hydrogen-bond acceptors (Lipinski definition) is 5. The molecule has 0 N–H and O–H groups in total. The van der Waals surface area contributed by atoms with Gasteiger partial charge in [0.15, 0.2) is 0 Å². The molecule has 5 nitrogen and oxygen atoms in total. The van der Waals surface area contributed by atoms with Crippen LogP contribution in [0.25, 0.3) is 0 Å². The van der Waals surface area contributed by atoms with Gasteiger partial charge in [0.05, 0.1) is 25.0 Å². The summed E-state index contributed by atoms with van der Waals surface area (Å²) in [6, 6.07) is 0. The second-order valence-electron chi connectivity index (χ2n) is 7.82. The highest BCUT2D eigenvalue weighted by Crippen LogP contribution is 2.19. The molecule has 8 heteroatoms. The Hall–Kier alpha value is -1.57. The van der Waals surface area contributed by atoms with E-state index < -0.39 is 41.8 Å². The van der Waals surface area contributed by atoms with Gasteiger partial charge in [-0.3, -0.25) is 9.59 Å². The largest absolute Gasteiger partial charge is 0.460 e. The third-order valence-electron chi connectivity index (χ3n) is 3.43. The maximum atomic E-state index is 12.3. The third-order valence-corrected chi connectivity index (χ3v) is 3.43. The fraction of sp³-hybridized carbons (Fsp3) is 0.789. The highest BCUT2D eigenvalue weighted by atomic mass is 19.4. The van der Waals surface area contributed by atoms with Crippen LogP contribution < -0.4 is 0 Å². The van der Waals surface area contributed by atoms with E-state index in [0.717, 1.165) is 6.08 Å². The van der Waals surface area contributed by atoms with Crippen LogP contribution in [0.1, 0.15) is 54.9 Å². The van der Waals surface area contributed by atoms with E-state index in [2.05, 4.69) is 0 Å². The molecule has 0 unspecified atom stereocenters. The molecule has 0 rings (SSSR count). The van der Waals surface area contributed by atoms with Crippen molar-refractivity contribution in [1.29, 1.82) is 0 Å². The molecule has 0 aliphatic heterocycles. The normalized spacial score (nSPS) is 16.3. The van der Waals surface area contributed by atoms with Crippen molar-refractivity contribution in [2.45, 2.75) is 78.9 Å². The number of halogens is 3. The van der Waals surface area contributed by atoms with Crippen molar-refractivity contribution in [3.05, 3.63) is 12.2 Å². The van der Waals surface area contributed by atoms with Crippen LogP contribution in [0.4, 0.5) is 13.2 Å². The maximum absolute atomic E-state index is 12.3. The summed E-state index contributed by atoms with van der Waals surface area (Å²) in [4.78, 5) is 24.1. The van der Waals surface area contributed by atoms with E-state index in [-0.39, 0.29) is 25.0 Å². The molecule has 158 valence electrons. The van der Waals surface area contributed by atoms with Crippen LogP contribution in [0.3, 0.4) is 0 Å². The van der Waals surface area contributed by atoms with Gasteiger partial charge in [-0.2, -0.15) is 13.2 Å². The molecule has 0 radical (unpaired) electrons. The molecule has 0 aliphatic rings. The second-order valence-corrected chi connectivity index (χ2v) is 7.82. The Labute approximate surface area is 159 Å². The first-order valence-corrected chi connectivity index (χ1v) is 8.90. The predicted molar refractivity (Wildman–Crippen MR) is 95.0 cm³/mol. The summed E-state index contributed by atoms with van der Waals surface area (Å²) in [7, 11) is 0. The molecular formula is C19H31F3O5. The lowest BCUT2D eigenvalue weighted by Gasteiger charge is -2.28. The Morgan fingerprint density at radius 2 is 1.59 bits per heavy atom. The van der Waals surface area contributed by atoms with Crippen LogP contribution in [0.5, 0.6) is 0 Å². The Balaban J connectivity index is 4.68. The minimum Gasteiger partial charge on any atom is -0.460 e. The van der Waals surface area contributed by atoms with Crippen molar-refractivity contribution >= 4 is 11.9 Å². The highest BCUT2D eigenvalue weighted by Gasteiger charge is 2.30. The van der Waals surface area contributed by atoms with Crippen molar-refractivity contribution < 1.29 is 37.0 Å². The van der Waals surface area contributed by atoms with Crippen LogP contribution >= 0.6 is 0 Å². The zero-order valence-corrected chi connectivity index (χ0v) is 17.1. The molecule has 0 fully saturated rings. The Morgan fingerprint density at radius 1 is 1.04 bits per heavy atom. The van der Waals surface area contributed by atoms with Crippen LogP contribution in [-0.2, 0) is 23.8 Å². The van der Waals surface area contributed by atoms with E-state index >= 15 is 0 Å². The Bertz CT molecular complexity index is 506. The van der Waals surface area contributed by atoms with E-state index in [1.807, 2.05) is 13.8 Å². The lowest BCUT2D eigenvalue weighted by molar-refractivity contribution is -0.169. The van der Waals surface area contributed by atoms with Gasteiger partial charge in [-0.15, -0.1) is 0 Å². The molecule has 0 spiro atoms. The lowest BCUT2D eigenvalue weighted by atomic mass is 10.0. The average molecular weight is 396 g/mol. The van der Waals surface area contributed by atoms with E-state index in [9.17, 15) is 22.8 Å². The first kappa shape index (κ1) is 25.4. The summed E-state index contributed by atoms with van der Waals surface area (Å²) in [6.07, 6.45) is -4.82. The summed E-state index contributed by atoms with van der Waals surface area (Å²) < 4.78 is 52.2. The smallest absolute Gasteiger partial charge is 0.409 e. The average Bonchev–Trinajstić information content (AvgIpc) is 2.45. The zero-order valence-electron chi connectivity index (χ0n) is 17.1. The van der Waals surface area contributed by atoms with Gasteiger partial charge in [-0.25, -0.2) is 0 Å². The van der Waals surface area contributed by atoms with Crippen molar-refractivity contribution in [3.63, 3.8) is 0 Å². The van der Waals surface area contributed by atoms with E-state index in [1.165, 1.54) is 0 Å². The summed E-state index contributed by atoms with van der Waals surface area (Å²) in [5.41, 5.74) is -0.645. The quantitative estimate of drug-likeness (QED) is 0.426. The Kier molecular flexibility index (Phi) is 10.1. The van der Waals surface area contributed by atoms with Crippen molar-refractivity contribution in [1.82, 2.24) is 0 Å². The van der Waals surface area contributed by atoms with Gasteiger partial charge in [0.1, 0.15) is 11.7 Å². The second kappa shape index (κ2) is 10.7. The number of alkyl halides is 3. The molecule has 0 aromatic rings. The topological polar surface area (TPSA) is 61.8 Å². The number of allylic oxidation sites excluding steroid dienone is 1. The molecule has 27 heavy (non-hydrogen) atoms. The summed E-state index contributed by atoms with van der Waals surface area (Å²) in [5.74, 6) is -1.92. The van der Waals surface area contributed by atoms with Gasteiger partial charge in [0.25, 0.3) is 0 Å². The minimum atomic E-state index is -4.40.